The van der Waals surface area contributed by atoms with Gasteiger partial charge >= 0.3 is 0 Å². The molecule has 25 heavy (non-hydrogen) atoms. The molecular formula is C18H12Cl2FN3O. The molecule has 3 aromatic rings. The number of nitrogens with one attached hydrogen (secondary N) is 2. The highest BCUT2D eigenvalue weighted by Crippen LogP contribution is 2.25. The molecule has 1 heterocycles. The summed E-state index contributed by atoms with van der Waals surface area (Å²) < 4.78 is 13.6. The lowest BCUT2D eigenvalue weighted by molar-refractivity contribution is 0.102. The van der Waals surface area contributed by atoms with Crippen LogP contribution in [0, 0.1) is 5.82 Å². The summed E-state index contributed by atoms with van der Waals surface area (Å²) in [5.74, 6) is -0.575. The van der Waals surface area contributed by atoms with E-state index in [0.717, 1.165) is 0 Å². The van der Waals surface area contributed by atoms with Gasteiger partial charge in [-0.25, -0.2) is 9.37 Å². The minimum Gasteiger partial charge on any atom is -0.340 e. The molecule has 0 unspecified atom stereocenters. The predicted molar refractivity (Wildman–Crippen MR) is 98.3 cm³/mol. The van der Waals surface area contributed by atoms with Crippen molar-refractivity contribution in [3.8, 4) is 0 Å². The molecule has 0 aliphatic rings. The van der Waals surface area contributed by atoms with Gasteiger partial charge in [-0.1, -0.05) is 35.3 Å². The van der Waals surface area contributed by atoms with E-state index in [2.05, 4.69) is 15.6 Å². The third-order valence-electron chi connectivity index (χ3n) is 3.27. The Balaban J connectivity index is 1.70. The summed E-state index contributed by atoms with van der Waals surface area (Å²) in [5, 5.41) is 6.66. The average Bonchev–Trinajstić information content (AvgIpc) is 2.56. The quantitative estimate of drug-likeness (QED) is 0.630. The number of aromatic nitrogens is 1. The van der Waals surface area contributed by atoms with E-state index in [9.17, 15) is 9.18 Å². The largest absolute Gasteiger partial charge is 0.340 e. The Kier molecular flexibility index (Phi) is 5.16. The van der Waals surface area contributed by atoms with Crippen molar-refractivity contribution in [1.29, 1.82) is 0 Å². The maximum Gasteiger partial charge on any atom is 0.258 e. The first kappa shape index (κ1) is 17.2. The SMILES string of the molecule is O=C(Nc1ccc(Nc2cc(Cl)cc(Cl)c2)nc1)c1ccccc1F. The number of hydrogen-bond donors (Lipinski definition) is 2. The summed E-state index contributed by atoms with van der Waals surface area (Å²) in [4.78, 5) is 16.3. The number of halogens is 3. The molecule has 2 aromatic carbocycles. The fourth-order valence-electron chi connectivity index (χ4n) is 2.16. The van der Waals surface area contributed by atoms with E-state index in [-0.39, 0.29) is 5.56 Å². The number of pyridine rings is 1. The Hall–Kier alpha value is -2.63. The average molecular weight is 376 g/mol. The van der Waals surface area contributed by atoms with Crippen LogP contribution in [0.5, 0.6) is 0 Å². The Labute approximate surface area is 153 Å². The van der Waals surface area contributed by atoms with Crippen molar-refractivity contribution >= 4 is 46.3 Å². The normalized spacial score (nSPS) is 10.4. The maximum atomic E-state index is 13.6. The van der Waals surface area contributed by atoms with Crippen LogP contribution in [-0.4, -0.2) is 10.9 Å². The first-order valence-corrected chi connectivity index (χ1v) is 8.02. The van der Waals surface area contributed by atoms with Gasteiger partial charge < -0.3 is 10.6 Å². The molecule has 0 saturated heterocycles. The van der Waals surface area contributed by atoms with Crippen molar-refractivity contribution in [2.45, 2.75) is 0 Å². The molecule has 0 saturated carbocycles. The van der Waals surface area contributed by atoms with Crippen molar-refractivity contribution in [3.63, 3.8) is 0 Å². The van der Waals surface area contributed by atoms with Gasteiger partial charge in [-0.3, -0.25) is 4.79 Å². The molecule has 0 radical (unpaired) electrons. The van der Waals surface area contributed by atoms with Gasteiger partial charge in [-0.05, 0) is 42.5 Å². The second-order valence-electron chi connectivity index (χ2n) is 5.15. The highest BCUT2D eigenvalue weighted by molar-refractivity contribution is 6.35. The number of carbonyl (C=O) groups is 1. The van der Waals surface area contributed by atoms with Crippen molar-refractivity contribution in [2.24, 2.45) is 0 Å². The molecule has 2 N–H and O–H groups in total. The van der Waals surface area contributed by atoms with Crippen LogP contribution >= 0.6 is 23.2 Å². The topological polar surface area (TPSA) is 54.0 Å². The summed E-state index contributed by atoms with van der Waals surface area (Å²) in [5.41, 5.74) is 1.11. The van der Waals surface area contributed by atoms with Crippen LogP contribution in [0.1, 0.15) is 10.4 Å². The lowest BCUT2D eigenvalue weighted by atomic mass is 10.2. The molecule has 1 aromatic heterocycles. The van der Waals surface area contributed by atoms with Crippen LogP contribution in [0.4, 0.5) is 21.6 Å². The van der Waals surface area contributed by atoms with E-state index in [1.165, 1.54) is 24.4 Å². The lowest BCUT2D eigenvalue weighted by Crippen LogP contribution is -2.13. The lowest BCUT2D eigenvalue weighted by Gasteiger charge is -2.09. The number of amides is 1. The van der Waals surface area contributed by atoms with Crippen LogP contribution in [0.25, 0.3) is 0 Å². The number of anilines is 3. The van der Waals surface area contributed by atoms with Gasteiger partial charge in [0.2, 0.25) is 0 Å². The van der Waals surface area contributed by atoms with E-state index in [4.69, 9.17) is 23.2 Å². The molecule has 0 aliphatic heterocycles. The van der Waals surface area contributed by atoms with Crippen molar-refractivity contribution < 1.29 is 9.18 Å². The zero-order chi connectivity index (χ0) is 17.8. The van der Waals surface area contributed by atoms with E-state index in [1.54, 1.807) is 36.4 Å². The van der Waals surface area contributed by atoms with Crippen molar-refractivity contribution in [3.05, 3.63) is 82.2 Å². The van der Waals surface area contributed by atoms with Gasteiger partial charge in [0.25, 0.3) is 5.91 Å². The first-order valence-electron chi connectivity index (χ1n) is 7.26. The van der Waals surface area contributed by atoms with Gasteiger partial charge in [-0.15, -0.1) is 0 Å². The molecule has 126 valence electrons. The Morgan fingerprint density at radius 1 is 0.960 bits per heavy atom. The van der Waals surface area contributed by atoms with Gasteiger partial charge in [0.05, 0.1) is 17.4 Å². The summed E-state index contributed by atoms with van der Waals surface area (Å²) >= 11 is 11.9. The molecule has 0 bridgehead atoms. The highest BCUT2D eigenvalue weighted by Gasteiger charge is 2.11. The number of hydrogen-bond acceptors (Lipinski definition) is 3. The van der Waals surface area contributed by atoms with Crippen LogP contribution in [-0.2, 0) is 0 Å². The molecule has 7 heteroatoms. The third-order valence-corrected chi connectivity index (χ3v) is 3.71. The van der Waals surface area contributed by atoms with Crippen LogP contribution in [0.3, 0.4) is 0 Å². The minimum atomic E-state index is -0.580. The van der Waals surface area contributed by atoms with Crippen LogP contribution in [0.2, 0.25) is 10.0 Å². The van der Waals surface area contributed by atoms with E-state index in [1.807, 2.05) is 0 Å². The monoisotopic (exact) mass is 375 g/mol. The van der Waals surface area contributed by atoms with Gasteiger partial charge in [0.15, 0.2) is 0 Å². The van der Waals surface area contributed by atoms with Gasteiger partial charge in [0.1, 0.15) is 11.6 Å². The molecule has 0 aliphatic carbocycles. The summed E-state index contributed by atoms with van der Waals surface area (Å²) in [6, 6.07) is 14.1. The van der Waals surface area contributed by atoms with Crippen LogP contribution < -0.4 is 10.6 Å². The highest BCUT2D eigenvalue weighted by atomic mass is 35.5. The molecule has 1 amide bonds. The van der Waals surface area contributed by atoms with Crippen molar-refractivity contribution in [1.82, 2.24) is 4.98 Å². The Bertz CT molecular complexity index is 896. The zero-order valence-electron chi connectivity index (χ0n) is 12.8. The summed E-state index contributed by atoms with van der Waals surface area (Å²) in [7, 11) is 0. The molecule has 3 rings (SSSR count). The number of rotatable bonds is 4. The third kappa shape index (κ3) is 4.47. The molecule has 4 nitrogen and oxygen atoms in total. The number of carbonyl (C=O) groups excluding carboxylic acids is 1. The molecule has 0 atom stereocenters. The van der Waals surface area contributed by atoms with Gasteiger partial charge in [0, 0.05) is 15.7 Å². The molecule has 0 fully saturated rings. The summed E-state index contributed by atoms with van der Waals surface area (Å²) in [6.07, 6.45) is 1.47. The number of nitrogens with zero attached hydrogens (tertiary/aromatic N) is 1. The maximum absolute atomic E-state index is 13.6. The standard InChI is InChI=1S/C18H12Cl2FN3O/c19-11-7-12(20)9-14(8-11)23-17-6-5-13(10-22-17)24-18(25)15-3-1-2-4-16(15)21/h1-10H,(H,22,23)(H,24,25). The Morgan fingerprint density at radius 2 is 1.68 bits per heavy atom. The summed E-state index contributed by atoms with van der Waals surface area (Å²) in [6.45, 7) is 0. The molecule has 0 spiro atoms. The fraction of sp³-hybridized carbons (Fsp3) is 0. The van der Waals surface area contributed by atoms with E-state index in [0.29, 0.717) is 27.2 Å². The second kappa shape index (κ2) is 7.51. The smallest absolute Gasteiger partial charge is 0.258 e. The molecular weight excluding hydrogens is 364 g/mol. The van der Waals surface area contributed by atoms with E-state index < -0.39 is 11.7 Å². The number of benzene rings is 2. The Morgan fingerprint density at radius 3 is 2.32 bits per heavy atom. The second-order valence-corrected chi connectivity index (χ2v) is 6.02. The fourth-order valence-corrected chi connectivity index (χ4v) is 2.69. The zero-order valence-corrected chi connectivity index (χ0v) is 14.3. The van der Waals surface area contributed by atoms with Gasteiger partial charge in [-0.2, -0.15) is 0 Å². The van der Waals surface area contributed by atoms with Crippen molar-refractivity contribution in [2.75, 3.05) is 10.6 Å². The van der Waals surface area contributed by atoms with Crippen LogP contribution in [0.15, 0.2) is 60.8 Å². The first-order chi connectivity index (χ1) is 12.0. The minimum absolute atomic E-state index is 0.0294. The van der Waals surface area contributed by atoms with E-state index >= 15 is 0 Å². The predicted octanol–water partition coefficient (Wildman–Crippen LogP) is 5.52.